The number of unbranched alkanes of at least 4 members (excludes halogenated alkanes) is 34. The van der Waals surface area contributed by atoms with Crippen molar-refractivity contribution in [2.45, 2.75) is 341 Å². The van der Waals surface area contributed by atoms with Crippen LogP contribution < -0.4 is 0 Å². The van der Waals surface area contributed by atoms with Crippen LogP contribution in [-0.2, 0) is 28.6 Å². The fourth-order valence-corrected chi connectivity index (χ4v) is 9.81. The molecule has 82 heavy (non-hydrogen) atoms. The molecule has 0 saturated carbocycles. The Morgan fingerprint density at radius 1 is 0.256 bits per heavy atom. The van der Waals surface area contributed by atoms with E-state index in [2.05, 4.69) is 130 Å². The molecule has 0 radical (unpaired) electrons. The number of carbonyl (C=O) groups excluding carboxylic acids is 3. The van der Waals surface area contributed by atoms with Crippen molar-refractivity contribution < 1.29 is 28.6 Å². The first kappa shape index (κ1) is 78.1. The Morgan fingerprint density at radius 3 is 0.744 bits per heavy atom. The molecule has 0 aromatic rings. The minimum Gasteiger partial charge on any atom is -0.462 e. The minimum absolute atomic E-state index is 0.0783. The lowest BCUT2D eigenvalue weighted by molar-refractivity contribution is -0.167. The van der Waals surface area contributed by atoms with Crippen LogP contribution in [-0.4, -0.2) is 37.2 Å². The molecule has 0 bridgehead atoms. The smallest absolute Gasteiger partial charge is 0.306 e. The molecule has 0 heterocycles. The quantitative estimate of drug-likeness (QED) is 0.0261. The molecule has 0 saturated heterocycles. The Balaban J connectivity index is 4.23. The van der Waals surface area contributed by atoms with E-state index < -0.39 is 6.10 Å². The summed E-state index contributed by atoms with van der Waals surface area (Å²) in [6.45, 7) is 6.53. The molecule has 0 aromatic heterocycles. The van der Waals surface area contributed by atoms with Gasteiger partial charge in [-0.1, -0.05) is 316 Å². The van der Waals surface area contributed by atoms with Gasteiger partial charge in [-0.2, -0.15) is 0 Å². The second kappa shape index (κ2) is 69.6. The third-order valence-corrected chi connectivity index (χ3v) is 15.0. The van der Waals surface area contributed by atoms with Crippen LogP contribution in [0.25, 0.3) is 0 Å². The molecular weight excluding hydrogens is 1010 g/mol. The molecule has 0 amide bonds. The SMILES string of the molecule is CC/C=C\C/C=C\C/C=C\C/C=C\C/C=C\C/C=C\CCCCCCCCCCCCC(=O)OCC(COC(=O)CCCCCCCCCCCC)OC(=O)CCCCCCCCCCCC/C=C\C/C=C\C/C=C\CCCCCCC. The van der Waals surface area contributed by atoms with Crippen molar-refractivity contribution in [2.24, 2.45) is 0 Å². The van der Waals surface area contributed by atoms with Crippen LogP contribution in [0.15, 0.2) is 109 Å². The molecule has 1 unspecified atom stereocenters. The van der Waals surface area contributed by atoms with E-state index in [4.69, 9.17) is 14.2 Å². The molecule has 1 atom stereocenters. The number of esters is 3. The first-order chi connectivity index (χ1) is 40.5. The first-order valence-electron chi connectivity index (χ1n) is 34.9. The average molecular weight is 1140 g/mol. The van der Waals surface area contributed by atoms with Gasteiger partial charge in [0.15, 0.2) is 6.10 Å². The van der Waals surface area contributed by atoms with E-state index in [9.17, 15) is 14.4 Å². The molecule has 470 valence electrons. The molecule has 0 fully saturated rings. The molecule has 0 rings (SSSR count). The van der Waals surface area contributed by atoms with Gasteiger partial charge in [0, 0.05) is 19.3 Å². The highest BCUT2D eigenvalue weighted by atomic mass is 16.6. The van der Waals surface area contributed by atoms with Crippen LogP contribution in [0, 0.1) is 0 Å². The van der Waals surface area contributed by atoms with Crippen molar-refractivity contribution in [1.82, 2.24) is 0 Å². The largest absolute Gasteiger partial charge is 0.462 e. The summed E-state index contributed by atoms with van der Waals surface area (Å²) < 4.78 is 16.9. The summed E-state index contributed by atoms with van der Waals surface area (Å²) >= 11 is 0. The van der Waals surface area contributed by atoms with Gasteiger partial charge in [-0.15, -0.1) is 0 Å². The highest BCUT2D eigenvalue weighted by Gasteiger charge is 2.19. The van der Waals surface area contributed by atoms with Crippen LogP contribution in [0.3, 0.4) is 0 Å². The summed E-state index contributed by atoms with van der Waals surface area (Å²) in [5.41, 5.74) is 0. The molecule has 0 aliphatic heterocycles. The van der Waals surface area contributed by atoms with E-state index in [1.54, 1.807) is 0 Å². The molecule has 6 heteroatoms. The normalized spacial score (nSPS) is 12.8. The summed E-state index contributed by atoms with van der Waals surface area (Å²) in [5.74, 6) is -0.877. The zero-order chi connectivity index (χ0) is 59.2. The van der Waals surface area contributed by atoms with Gasteiger partial charge in [0.2, 0.25) is 0 Å². The Labute approximate surface area is 508 Å². The van der Waals surface area contributed by atoms with Crippen LogP contribution in [0.4, 0.5) is 0 Å². The number of allylic oxidation sites excluding steroid dienone is 18. The molecule has 0 aromatic carbocycles. The highest BCUT2D eigenvalue weighted by molar-refractivity contribution is 5.71. The fraction of sp³-hybridized carbons (Fsp3) is 0.724. The minimum atomic E-state index is -0.782. The highest BCUT2D eigenvalue weighted by Crippen LogP contribution is 2.17. The second-order valence-electron chi connectivity index (χ2n) is 23.1. The molecule has 0 spiro atoms. The van der Waals surface area contributed by atoms with E-state index in [1.165, 1.54) is 186 Å². The Bertz CT molecular complexity index is 1640. The van der Waals surface area contributed by atoms with Crippen molar-refractivity contribution in [3.05, 3.63) is 109 Å². The van der Waals surface area contributed by atoms with Gasteiger partial charge in [-0.25, -0.2) is 0 Å². The third-order valence-electron chi connectivity index (χ3n) is 15.0. The van der Waals surface area contributed by atoms with Gasteiger partial charge < -0.3 is 14.2 Å². The molecule has 0 N–H and O–H groups in total. The average Bonchev–Trinajstić information content (AvgIpc) is 3.48. The number of hydrogen-bond acceptors (Lipinski definition) is 6. The first-order valence-corrected chi connectivity index (χ1v) is 34.9. The predicted octanol–water partition coefficient (Wildman–Crippen LogP) is 24.2. The fourth-order valence-electron chi connectivity index (χ4n) is 9.81. The van der Waals surface area contributed by atoms with Crippen LogP contribution in [0.5, 0.6) is 0 Å². The predicted molar refractivity (Wildman–Crippen MR) is 357 cm³/mol. The zero-order valence-corrected chi connectivity index (χ0v) is 54.0. The summed E-state index contributed by atoms with van der Waals surface area (Å²) in [7, 11) is 0. The lowest BCUT2D eigenvalue weighted by atomic mass is 10.0. The van der Waals surface area contributed by atoms with Crippen molar-refractivity contribution in [2.75, 3.05) is 13.2 Å². The molecular formula is C76H130O6. The van der Waals surface area contributed by atoms with Crippen molar-refractivity contribution in [3.63, 3.8) is 0 Å². The molecule has 0 aliphatic rings. The van der Waals surface area contributed by atoms with Crippen molar-refractivity contribution >= 4 is 17.9 Å². The van der Waals surface area contributed by atoms with Crippen molar-refractivity contribution in [3.8, 4) is 0 Å². The van der Waals surface area contributed by atoms with E-state index in [1.807, 2.05) is 0 Å². The Hall–Kier alpha value is -3.93. The van der Waals surface area contributed by atoms with E-state index in [-0.39, 0.29) is 31.1 Å². The van der Waals surface area contributed by atoms with Gasteiger partial charge in [-0.3, -0.25) is 14.4 Å². The number of rotatable bonds is 63. The number of carbonyl (C=O) groups is 3. The maximum atomic E-state index is 12.9. The summed E-state index contributed by atoms with van der Waals surface area (Å²) in [6.07, 6.45) is 95.4. The lowest BCUT2D eigenvalue weighted by Crippen LogP contribution is -2.30. The van der Waals surface area contributed by atoms with E-state index in [0.29, 0.717) is 19.3 Å². The zero-order valence-electron chi connectivity index (χ0n) is 54.0. The Morgan fingerprint density at radius 2 is 0.476 bits per heavy atom. The maximum Gasteiger partial charge on any atom is 0.306 e. The monoisotopic (exact) mass is 1140 g/mol. The van der Waals surface area contributed by atoms with Gasteiger partial charge in [0.1, 0.15) is 13.2 Å². The van der Waals surface area contributed by atoms with Crippen LogP contribution in [0.2, 0.25) is 0 Å². The van der Waals surface area contributed by atoms with Crippen molar-refractivity contribution in [1.29, 1.82) is 0 Å². The summed E-state index contributed by atoms with van der Waals surface area (Å²) in [6, 6.07) is 0. The summed E-state index contributed by atoms with van der Waals surface area (Å²) in [5, 5.41) is 0. The second-order valence-corrected chi connectivity index (χ2v) is 23.1. The lowest BCUT2D eigenvalue weighted by Gasteiger charge is -2.18. The summed E-state index contributed by atoms with van der Waals surface area (Å²) in [4.78, 5) is 38.3. The number of hydrogen-bond donors (Lipinski definition) is 0. The van der Waals surface area contributed by atoms with Gasteiger partial charge in [-0.05, 0) is 109 Å². The van der Waals surface area contributed by atoms with Gasteiger partial charge in [0.05, 0.1) is 0 Å². The molecule has 6 nitrogen and oxygen atoms in total. The van der Waals surface area contributed by atoms with Gasteiger partial charge in [0.25, 0.3) is 0 Å². The van der Waals surface area contributed by atoms with Crippen LogP contribution in [0.1, 0.15) is 335 Å². The number of ether oxygens (including phenoxy) is 3. The van der Waals surface area contributed by atoms with E-state index in [0.717, 1.165) is 109 Å². The standard InChI is InChI=1S/C76H130O6/c1-4-7-10-13-16-19-22-24-26-28-30-32-34-36-37-38-39-41-42-44-46-48-50-52-54-57-60-63-66-69-75(78)81-72-73(71-80-74(77)68-65-62-59-56-21-18-15-12-9-6-3)82-76(79)70-67-64-61-58-55-53-51-49-47-45-43-40-35-33-31-29-27-25-23-20-17-14-11-8-5-2/h7,10,16,19,23-26,29-32,35-37,39-41,73H,4-6,8-9,11-15,17-18,20-22,27-28,33-34,38,42-72H2,1-3H3/b10-7-,19-16-,25-23-,26-24-,31-29-,32-30-,37-36-,40-35-,41-39-. The van der Waals surface area contributed by atoms with E-state index >= 15 is 0 Å². The third kappa shape index (κ3) is 66.9. The Kier molecular flexibility index (Phi) is 66.2. The van der Waals surface area contributed by atoms with Crippen LogP contribution >= 0.6 is 0 Å². The topological polar surface area (TPSA) is 78.9 Å². The maximum absolute atomic E-state index is 12.9. The van der Waals surface area contributed by atoms with Gasteiger partial charge >= 0.3 is 17.9 Å². The molecule has 0 aliphatic carbocycles.